The lowest BCUT2D eigenvalue weighted by atomic mass is 9.99. The van der Waals surface area contributed by atoms with Crippen LogP contribution in [-0.2, 0) is 14.3 Å². The molecule has 0 bridgehead atoms. The normalized spacial score (nSPS) is 14.1. The first-order valence-corrected chi connectivity index (χ1v) is 14.5. The van der Waals surface area contributed by atoms with Crippen LogP contribution in [0.25, 0.3) is 0 Å². The van der Waals surface area contributed by atoms with E-state index in [0.29, 0.717) is 19.3 Å². The first kappa shape index (κ1) is 32.2. The first-order valence-electron chi connectivity index (χ1n) is 14.0. The Kier molecular flexibility index (Phi) is 22.5. The Bertz CT molecular complexity index is 469. The molecular formula is C28H53ClO4. The molecule has 0 amide bonds. The Morgan fingerprint density at radius 2 is 1.09 bits per heavy atom. The van der Waals surface area contributed by atoms with Gasteiger partial charge in [0, 0.05) is 0 Å². The molecule has 0 aliphatic rings. The second-order valence-corrected chi connectivity index (χ2v) is 10.2. The molecule has 0 aromatic rings. The quantitative estimate of drug-likeness (QED) is 0.0835. The Balaban J connectivity index is 4.21. The van der Waals surface area contributed by atoms with Gasteiger partial charge in [0.1, 0.15) is 11.5 Å². The number of halogens is 1. The maximum atomic E-state index is 12.5. The van der Waals surface area contributed by atoms with Crippen molar-refractivity contribution in [2.75, 3.05) is 0 Å². The van der Waals surface area contributed by atoms with E-state index in [9.17, 15) is 14.7 Å². The molecule has 0 aromatic carbocycles. The summed E-state index contributed by atoms with van der Waals surface area (Å²) in [4.78, 5) is 23.7. The van der Waals surface area contributed by atoms with Crippen LogP contribution in [0, 0.1) is 5.92 Å². The monoisotopic (exact) mass is 488 g/mol. The lowest BCUT2D eigenvalue weighted by Gasteiger charge is -2.20. The number of hydrogen-bond donors (Lipinski definition) is 1. The van der Waals surface area contributed by atoms with Gasteiger partial charge in [0.2, 0.25) is 0 Å². The number of unbranched alkanes of at least 4 members (excludes halogenated alkanes) is 13. The number of ether oxygens (including phenoxy) is 1. The van der Waals surface area contributed by atoms with E-state index in [0.717, 1.165) is 25.7 Å². The fourth-order valence-corrected chi connectivity index (χ4v) is 4.48. The number of aliphatic carboxylic acids is 1. The maximum Gasteiger partial charge on any atom is 0.324 e. The largest absolute Gasteiger partial charge is 0.481 e. The summed E-state index contributed by atoms with van der Waals surface area (Å²) in [7, 11) is 0. The van der Waals surface area contributed by atoms with Crippen LogP contribution in [0.4, 0.5) is 0 Å². The number of carbonyl (C=O) groups excluding carboxylic acids is 1. The van der Waals surface area contributed by atoms with E-state index in [1.807, 2.05) is 6.92 Å². The summed E-state index contributed by atoms with van der Waals surface area (Å²) in [6, 6.07) is 0. The minimum Gasteiger partial charge on any atom is -0.481 e. The van der Waals surface area contributed by atoms with E-state index >= 15 is 0 Å². The van der Waals surface area contributed by atoms with E-state index in [4.69, 9.17) is 16.3 Å². The first-order chi connectivity index (χ1) is 16.0. The van der Waals surface area contributed by atoms with Gasteiger partial charge in [0.25, 0.3) is 0 Å². The minimum absolute atomic E-state index is 0.0596. The number of carboxylic acid groups (broad SMARTS) is 1. The number of carboxylic acids is 1. The summed E-state index contributed by atoms with van der Waals surface area (Å²) in [6.07, 6.45) is 22.1. The van der Waals surface area contributed by atoms with Crippen LogP contribution < -0.4 is 0 Å². The van der Waals surface area contributed by atoms with Gasteiger partial charge in [-0.1, -0.05) is 104 Å². The highest BCUT2D eigenvalue weighted by Crippen LogP contribution is 2.21. The number of rotatable bonds is 24. The van der Waals surface area contributed by atoms with Crippen molar-refractivity contribution in [3.63, 3.8) is 0 Å². The third-order valence-corrected chi connectivity index (χ3v) is 7.05. The van der Waals surface area contributed by atoms with E-state index in [1.165, 1.54) is 83.5 Å². The molecule has 0 spiro atoms. The van der Waals surface area contributed by atoms with Crippen LogP contribution >= 0.6 is 11.6 Å². The standard InChI is InChI=1S/C28H53ClO4/c1-4-7-9-11-12-13-14-15-16-17-19-21-25(20-18-10-8-5-2)33-28(32)26(29)23-22-24(6-3)27(30)31/h24-26H,4-23H2,1-3H3,(H,30,31). The molecule has 4 nitrogen and oxygen atoms in total. The Hall–Kier alpha value is -0.770. The van der Waals surface area contributed by atoms with Gasteiger partial charge >= 0.3 is 11.9 Å². The van der Waals surface area contributed by atoms with Crippen LogP contribution in [0.15, 0.2) is 0 Å². The summed E-state index contributed by atoms with van der Waals surface area (Å²) in [5, 5.41) is 8.43. The smallest absolute Gasteiger partial charge is 0.324 e. The van der Waals surface area contributed by atoms with Crippen LogP contribution in [0.3, 0.4) is 0 Å². The highest BCUT2D eigenvalue weighted by molar-refractivity contribution is 6.29. The number of esters is 1. The fourth-order valence-electron chi connectivity index (χ4n) is 4.30. The highest BCUT2D eigenvalue weighted by Gasteiger charge is 2.24. The van der Waals surface area contributed by atoms with Crippen LogP contribution in [-0.4, -0.2) is 28.5 Å². The molecule has 0 aliphatic heterocycles. The average Bonchev–Trinajstić information content (AvgIpc) is 2.79. The van der Waals surface area contributed by atoms with Gasteiger partial charge in [0.05, 0.1) is 5.92 Å². The number of carbonyl (C=O) groups is 2. The van der Waals surface area contributed by atoms with Crippen molar-refractivity contribution < 1.29 is 19.4 Å². The molecule has 0 aromatic heterocycles. The third kappa shape index (κ3) is 19.3. The molecular weight excluding hydrogens is 436 g/mol. The molecule has 33 heavy (non-hydrogen) atoms. The molecule has 0 rings (SSSR count). The van der Waals surface area contributed by atoms with Gasteiger partial charge in [-0.2, -0.15) is 0 Å². The molecule has 0 aliphatic carbocycles. The van der Waals surface area contributed by atoms with Crippen molar-refractivity contribution in [3.05, 3.63) is 0 Å². The third-order valence-electron chi connectivity index (χ3n) is 6.66. The number of alkyl halides is 1. The molecule has 0 heterocycles. The Labute approximate surface area is 209 Å². The van der Waals surface area contributed by atoms with Crippen molar-refractivity contribution >= 4 is 23.5 Å². The van der Waals surface area contributed by atoms with E-state index in [2.05, 4.69) is 13.8 Å². The van der Waals surface area contributed by atoms with Crippen molar-refractivity contribution in [2.45, 2.75) is 161 Å². The molecule has 0 saturated carbocycles. The van der Waals surface area contributed by atoms with Crippen LogP contribution in [0.5, 0.6) is 0 Å². The lowest BCUT2D eigenvalue weighted by molar-refractivity contribution is -0.150. The van der Waals surface area contributed by atoms with E-state index in [-0.39, 0.29) is 12.1 Å². The van der Waals surface area contributed by atoms with Gasteiger partial charge in [-0.05, 0) is 44.9 Å². The van der Waals surface area contributed by atoms with Crippen LogP contribution in [0.2, 0.25) is 0 Å². The Morgan fingerprint density at radius 3 is 1.52 bits per heavy atom. The molecule has 0 radical (unpaired) electrons. The summed E-state index contributed by atoms with van der Waals surface area (Å²) < 4.78 is 5.79. The van der Waals surface area contributed by atoms with Gasteiger partial charge in [0.15, 0.2) is 0 Å². The van der Waals surface area contributed by atoms with Crippen molar-refractivity contribution in [2.24, 2.45) is 5.92 Å². The van der Waals surface area contributed by atoms with E-state index < -0.39 is 17.3 Å². The van der Waals surface area contributed by atoms with Gasteiger partial charge in [-0.25, -0.2) is 0 Å². The zero-order chi connectivity index (χ0) is 24.7. The predicted molar refractivity (Wildman–Crippen MR) is 140 cm³/mol. The summed E-state index contributed by atoms with van der Waals surface area (Å²) in [5.41, 5.74) is 0. The van der Waals surface area contributed by atoms with Gasteiger partial charge in [-0.3, -0.25) is 9.59 Å². The lowest BCUT2D eigenvalue weighted by Crippen LogP contribution is -2.26. The second-order valence-electron chi connectivity index (χ2n) is 9.72. The zero-order valence-electron chi connectivity index (χ0n) is 21.9. The molecule has 0 saturated heterocycles. The van der Waals surface area contributed by atoms with Gasteiger partial charge in [-0.15, -0.1) is 11.6 Å². The molecule has 0 fully saturated rings. The fraction of sp³-hybridized carbons (Fsp3) is 0.929. The summed E-state index contributed by atoms with van der Waals surface area (Å²) in [5.74, 6) is -1.64. The molecule has 196 valence electrons. The van der Waals surface area contributed by atoms with Crippen molar-refractivity contribution in [1.29, 1.82) is 0 Å². The summed E-state index contributed by atoms with van der Waals surface area (Å²) >= 11 is 6.27. The number of hydrogen-bond acceptors (Lipinski definition) is 3. The molecule has 3 atom stereocenters. The van der Waals surface area contributed by atoms with Crippen LogP contribution in [0.1, 0.15) is 149 Å². The average molecular weight is 489 g/mol. The van der Waals surface area contributed by atoms with Gasteiger partial charge < -0.3 is 9.84 Å². The minimum atomic E-state index is -0.819. The topological polar surface area (TPSA) is 63.6 Å². The molecule has 5 heteroatoms. The highest BCUT2D eigenvalue weighted by atomic mass is 35.5. The molecule has 1 N–H and O–H groups in total. The van der Waals surface area contributed by atoms with Crippen molar-refractivity contribution in [3.8, 4) is 0 Å². The van der Waals surface area contributed by atoms with E-state index in [1.54, 1.807) is 0 Å². The molecule has 3 unspecified atom stereocenters. The summed E-state index contributed by atoms with van der Waals surface area (Å²) in [6.45, 7) is 6.30. The second kappa shape index (κ2) is 23.0. The Morgan fingerprint density at radius 1 is 0.667 bits per heavy atom. The zero-order valence-corrected chi connectivity index (χ0v) is 22.7. The SMILES string of the molecule is CCCCCCCCCCCCCC(CCCCCC)OC(=O)C(Cl)CCC(CC)C(=O)O. The predicted octanol–water partition coefficient (Wildman–Crippen LogP) is 9.07. The maximum absolute atomic E-state index is 12.5. The van der Waals surface area contributed by atoms with Crippen molar-refractivity contribution in [1.82, 2.24) is 0 Å².